The molecular formula is C23H18I2N4O3. The minimum Gasteiger partial charge on any atom is -0.483 e. The maximum Gasteiger partial charge on any atom is 0.277 e. The number of hydrogen-bond acceptors (Lipinski definition) is 5. The zero-order valence-corrected chi connectivity index (χ0v) is 21.0. The monoisotopic (exact) mass is 652 g/mol. The number of hydrazone groups is 2. The SMILES string of the molecule is O=C(COc1ccccc1C(=O)N/N=C\c1ccc(I)cc1)N/N=C/c1ccc(I)cc1. The highest BCUT2D eigenvalue weighted by Gasteiger charge is 2.12. The Hall–Kier alpha value is -2.80. The molecule has 0 fully saturated rings. The van der Waals surface area contributed by atoms with Crippen LogP contribution < -0.4 is 15.6 Å². The van der Waals surface area contributed by atoms with Crippen LogP contribution in [0.3, 0.4) is 0 Å². The van der Waals surface area contributed by atoms with E-state index < -0.39 is 11.8 Å². The summed E-state index contributed by atoms with van der Waals surface area (Å²) < 4.78 is 7.74. The van der Waals surface area contributed by atoms with Crippen LogP contribution in [0.15, 0.2) is 83.0 Å². The number of carbonyl (C=O) groups excluding carboxylic acids is 2. The van der Waals surface area contributed by atoms with E-state index in [9.17, 15) is 9.59 Å². The Morgan fingerprint density at radius 2 is 1.31 bits per heavy atom. The first-order chi connectivity index (χ1) is 15.5. The summed E-state index contributed by atoms with van der Waals surface area (Å²) in [6, 6.07) is 22.0. The molecule has 0 aliphatic heterocycles. The number of amides is 2. The summed E-state index contributed by atoms with van der Waals surface area (Å²) in [5, 5.41) is 7.89. The Balaban J connectivity index is 1.52. The van der Waals surface area contributed by atoms with E-state index in [0.29, 0.717) is 0 Å². The van der Waals surface area contributed by atoms with Gasteiger partial charge < -0.3 is 4.74 Å². The first-order valence-electron chi connectivity index (χ1n) is 9.39. The van der Waals surface area contributed by atoms with Crippen LogP contribution in [0, 0.1) is 7.14 Å². The molecule has 7 nitrogen and oxygen atoms in total. The highest BCUT2D eigenvalue weighted by molar-refractivity contribution is 14.1. The predicted molar refractivity (Wildman–Crippen MR) is 141 cm³/mol. The number of nitrogens with one attached hydrogen (secondary N) is 2. The molecule has 32 heavy (non-hydrogen) atoms. The topological polar surface area (TPSA) is 92.2 Å². The van der Waals surface area contributed by atoms with E-state index >= 15 is 0 Å². The van der Waals surface area contributed by atoms with Crippen LogP contribution >= 0.6 is 45.2 Å². The fourth-order valence-corrected chi connectivity index (χ4v) is 3.18. The van der Waals surface area contributed by atoms with E-state index in [1.165, 1.54) is 0 Å². The number of para-hydroxylation sites is 1. The number of hydrogen-bond donors (Lipinski definition) is 2. The summed E-state index contributed by atoms with van der Waals surface area (Å²) in [5.41, 5.74) is 6.86. The van der Waals surface area contributed by atoms with Gasteiger partial charge in [-0.25, -0.2) is 10.9 Å². The summed E-state index contributed by atoms with van der Waals surface area (Å²) in [4.78, 5) is 24.5. The minimum atomic E-state index is -0.446. The molecule has 0 heterocycles. The lowest BCUT2D eigenvalue weighted by Crippen LogP contribution is -2.25. The van der Waals surface area contributed by atoms with Crippen LogP contribution in [-0.4, -0.2) is 30.9 Å². The van der Waals surface area contributed by atoms with Crippen molar-refractivity contribution in [1.29, 1.82) is 0 Å². The zero-order valence-electron chi connectivity index (χ0n) is 16.7. The van der Waals surface area contributed by atoms with Crippen molar-refractivity contribution in [3.05, 3.63) is 96.6 Å². The van der Waals surface area contributed by atoms with Gasteiger partial charge in [-0.15, -0.1) is 0 Å². The van der Waals surface area contributed by atoms with Crippen LogP contribution in [0.5, 0.6) is 5.75 Å². The molecule has 0 saturated heterocycles. The molecule has 3 aromatic rings. The highest BCUT2D eigenvalue weighted by atomic mass is 127. The molecular weight excluding hydrogens is 634 g/mol. The maximum atomic E-state index is 12.5. The summed E-state index contributed by atoms with van der Waals surface area (Å²) >= 11 is 4.43. The summed E-state index contributed by atoms with van der Waals surface area (Å²) in [6.07, 6.45) is 3.09. The first kappa shape index (κ1) is 23.9. The van der Waals surface area contributed by atoms with Crippen molar-refractivity contribution < 1.29 is 14.3 Å². The molecule has 2 N–H and O–H groups in total. The van der Waals surface area contributed by atoms with Crippen molar-refractivity contribution in [2.24, 2.45) is 10.2 Å². The summed E-state index contributed by atoms with van der Waals surface area (Å²) in [7, 11) is 0. The van der Waals surface area contributed by atoms with Gasteiger partial charge in [-0.05, 0) is 92.7 Å². The van der Waals surface area contributed by atoms with Crippen LogP contribution in [0.2, 0.25) is 0 Å². The van der Waals surface area contributed by atoms with Crippen molar-refractivity contribution in [3.63, 3.8) is 0 Å². The van der Waals surface area contributed by atoms with E-state index in [1.807, 2.05) is 48.5 Å². The van der Waals surface area contributed by atoms with E-state index in [0.717, 1.165) is 18.3 Å². The molecule has 0 aliphatic carbocycles. The molecule has 0 bridgehead atoms. The average Bonchev–Trinajstić information content (AvgIpc) is 2.80. The molecule has 0 spiro atoms. The highest BCUT2D eigenvalue weighted by Crippen LogP contribution is 2.17. The number of halogens is 2. The van der Waals surface area contributed by atoms with Gasteiger partial charge in [0.05, 0.1) is 18.0 Å². The predicted octanol–water partition coefficient (Wildman–Crippen LogP) is 4.19. The lowest BCUT2D eigenvalue weighted by Gasteiger charge is -2.09. The molecule has 3 rings (SSSR count). The van der Waals surface area contributed by atoms with Gasteiger partial charge in [-0.1, -0.05) is 36.4 Å². The van der Waals surface area contributed by atoms with Crippen LogP contribution in [-0.2, 0) is 4.79 Å². The van der Waals surface area contributed by atoms with Crippen molar-refractivity contribution in [2.75, 3.05) is 6.61 Å². The lowest BCUT2D eigenvalue weighted by molar-refractivity contribution is -0.123. The van der Waals surface area contributed by atoms with Crippen molar-refractivity contribution >= 4 is 69.4 Å². The Bertz CT molecular complexity index is 1130. The largest absolute Gasteiger partial charge is 0.483 e. The fraction of sp³-hybridized carbons (Fsp3) is 0.0435. The normalized spacial score (nSPS) is 10.9. The quantitative estimate of drug-likeness (QED) is 0.218. The molecule has 0 unspecified atom stereocenters. The molecule has 9 heteroatoms. The second-order valence-electron chi connectivity index (χ2n) is 6.38. The average molecular weight is 652 g/mol. The van der Waals surface area contributed by atoms with Gasteiger partial charge in [0.15, 0.2) is 6.61 Å². The van der Waals surface area contributed by atoms with Crippen molar-refractivity contribution in [2.45, 2.75) is 0 Å². The molecule has 0 aromatic heterocycles. The van der Waals surface area contributed by atoms with E-state index in [1.54, 1.807) is 36.7 Å². The van der Waals surface area contributed by atoms with Crippen LogP contribution in [0.25, 0.3) is 0 Å². The number of ether oxygens (including phenoxy) is 1. The second-order valence-corrected chi connectivity index (χ2v) is 8.87. The van der Waals surface area contributed by atoms with E-state index in [4.69, 9.17) is 4.74 Å². The Morgan fingerprint density at radius 1 is 0.781 bits per heavy atom. The molecule has 0 radical (unpaired) electrons. The standard InChI is InChI=1S/C23H18I2N4O3/c24-18-9-5-16(6-10-18)13-26-28-22(30)15-32-21-4-2-1-3-20(21)23(31)29-27-14-17-7-11-19(25)12-8-17/h1-14H,15H2,(H,28,30)(H,29,31)/b26-13+,27-14-. The third-order valence-corrected chi connectivity index (χ3v) is 5.45. The maximum absolute atomic E-state index is 12.5. The second kappa shape index (κ2) is 12.3. The van der Waals surface area contributed by atoms with Crippen molar-refractivity contribution in [3.8, 4) is 5.75 Å². The fourth-order valence-electron chi connectivity index (χ4n) is 2.46. The first-order valence-corrected chi connectivity index (χ1v) is 11.6. The molecule has 3 aromatic carbocycles. The van der Waals surface area contributed by atoms with Crippen LogP contribution in [0.4, 0.5) is 0 Å². The van der Waals surface area contributed by atoms with Crippen LogP contribution in [0.1, 0.15) is 21.5 Å². The molecule has 0 atom stereocenters. The van der Waals surface area contributed by atoms with Gasteiger partial charge in [0.1, 0.15) is 5.75 Å². The molecule has 0 aliphatic rings. The zero-order chi connectivity index (χ0) is 22.8. The molecule has 2 amide bonds. The number of rotatable bonds is 8. The Kier molecular flexibility index (Phi) is 9.16. The van der Waals surface area contributed by atoms with Gasteiger partial charge in [0, 0.05) is 7.14 Å². The van der Waals surface area contributed by atoms with Gasteiger partial charge in [0.2, 0.25) is 0 Å². The van der Waals surface area contributed by atoms with Gasteiger partial charge in [-0.3, -0.25) is 9.59 Å². The van der Waals surface area contributed by atoms with Gasteiger partial charge >= 0.3 is 0 Å². The molecule has 0 saturated carbocycles. The number of benzene rings is 3. The third kappa shape index (κ3) is 7.71. The van der Waals surface area contributed by atoms with E-state index in [-0.39, 0.29) is 17.9 Å². The Morgan fingerprint density at radius 3 is 1.91 bits per heavy atom. The molecule has 162 valence electrons. The third-order valence-electron chi connectivity index (χ3n) is 4.01. The summed E-state index contributed by atoms with van der Waals surface area (Å²) in [6.45, 7) is -0.291. The number of carbonyl (C=O) groups is 2. The number of nitrogens with zero attached hydrogens (tertiary/aromatic N) is 2. The Labute approximate surface area is 212 Å². The van der Waals surface area contributed by atoms with E-state index in [2.05, 4.69) is 66.2 Å². The lowest BCUT2D eigenvalue weighted by atomic mass is 10.2. The smallest absolute Gasteiger partial charge is 0.277 e. The van der Waals surface area contributed by atoms with Gasteiger partial charge in [0.25, 0.3) is 11.8 Å². The summed E-state index contributed by atoms with van der Waals surface area (Å²) in [5.74, 6) is -0.621. The van der Waals surface area contributed by atoms with Crippen molar-refractivity contribution in [1.82, 2.24) is 10.9 Å². The van der Waals surface area contributed by atoms with Gasteiger partial charge in [-0.2, -0.15) is 10.2 Å². The minimum absolute atomic E-state index is 0.266.